The van der Waals surface area contributed by atoms with Gasteiger partial charge < -0.3 is 24.8 Å². The van der Waals surface area contributed by atoms with Gasteiger partial charge in [-0.3, -0.25) is 14.4 Å². The Bertz CT molecular complexity index is 1020. The highest BCUT2D eigenvalue weighted by Gasteiger charge is 2.37. The summed E-state index contributed by atoms with van der Waals surface area (Å²) in [4.78, 5) is 51.0. The van der Waals surface area contributed by atoms with Gasteiger partial charge in [0.25, 0.3) is 0 Å². The second-order valence-corrected chi connectivity index (χ2v) is 7.88. The first-order valence-corrected chi connectivity index (χ1v) is 11.1. The van der Waals surface area contributed by atoms with E-state index in [9.17, 15) is 24.3 Å². The summed E-state index contributed by atoms with van der Waals surface area (Å²) < 4.78 is 10.2. The molecule has 0 bridgehead atoms. The van der Waals surface area contributed by atoms with Crippen LogP contribution in [0.3, 0.4) is 0 Å². The molecule has 1 aliphatic rings. The van der Waals surface area contributed by atoms with E-state index in [4.69, 9.17) is 9.47 Å². The Morgan fingerprint density at radius 3 is 2.47 bits per heavy atom. The van der Waals surface area contributed by atoms with Gasteiger partial charge >= 0.3 is 18.0 Å². The number of carbonyl (C=O) groups excluding carboxylic acids is 3. The van der Waals surface area contributed by atoms with Crippen LogP contribution < -0.4 is 5.32 Å². The number of fused-ring (bicyclic) bond motifs is 1. The first-order chi connectivity index (χ1) is 16.4. The minimum absolute atomic E-state index is 0.0385. The molecule has 1 aliphatic carbocycles. The first-order valence-electron chi connectivity index (χ1n) is 11.1. The number of hydrogen-bond donors (Lipinski definition) is 2. The van der Waals surface area contributed by atoms with Crippen LogP contribution in [0.15, 0.2) is 54.6 Å². The Hall–Kier alpha value is -3.88. The quantitative estimate of drug-likeness (QED) is 0.514. The van der Waals surface area contributed by atoms with Crippen molar-refractivity contribution in [2.75, 3.05) is 13.2 Å². The number of ether oxygens (including phenoxy) is 2. The average Bonchev–Trinajstić information content (AvgIpc) is 3.25. The van der Waals surface area contributed by atoms with Gasteiger partial charge in [0.2, 0.25) is 5.91 Å². The van der Waals surface area contributed by atoms with Crippen molar-refractivity contribution >= 4 is 23.9 Å². The fraction of sp³-hybridized carbons (Fsp3) is 0.360. The zero-order valence-corrected chi connectivity index (χ0v) is 18.9. The molecule has 2 atom stereocenters. The van der Waals surface area contributed by atoms with Crippen LogP contribution in [0.4, 0.5) is 4.79 Å². The molecule has 0 heterocycles. The van der Waals surface area contributed by atoms with Gasteiger partial charge in [0.05, 0.1) is 19.1 Å². The molecule has 0 aliphatic heterocycles. The summed E-state index contributed by atoms with van der Waals surface area (Å²) in [6, 6.07) is 14.7. The molecular formula is C25H28N2O7. The van der Waals surface area contributed by atoms with Crippen LogP contribution in [-0.4, -0.2) is 53.1 Å². The van der Waals surface area contributed by atoms with Crippen LogP contribution in [0.5, 0.6) is 0 Å². The number of carbonyl (C=O) groups is 4. The topological polar surface area (TPSA) is 122 Å². The number of hydrogen-bond acceptors (Lipinski definition) is 6. The number of aryl methyl sites for hydroxylation is 1. The number of alkyl carbamates (subject to hydrolysis) is 1. The molecule has 2 N–H and O–H groups in total. The van der Waals surface area contributed by atoms with Crippen molar-refractivity contribution in [3.8, 4) is 0 Å². The third-order valence-electron chi connectivity index (χ3n) is 5.55. The van der Waals surface area contributed by atoms with Crippen molar-refractivity contribution < 1.29 is 33.8 Å². The standard InChI is InChI=1S/C25H28N2O7/c1-2-33-23(30)15-27(21-13-12-18-10-6-7-11-19(18)21)24(31)20(14-22(28)29)26-25(32)34-16-17-8-4-3-5-9-17/h3-11,20-21H,2,12-16H2,1H3,(H,26,32)(H,28,29)/t20-,21?/m0/s1. The monoisotopic (exact) mass is 468 g/mol. The molecule has 180 valence electrons. The maximum atomic E-state index is 13.5. The van der Waals surface area contributed by atoms with Gasteiger partial charge in [-0.1, -0.05) is 54.6 Å². The SMILES string of the molecule is CCOC(=O)CN(C(=O)[C@H](CC(=O)O)NC(=O)OCc1ccccc1)C1CCc2ccccc21. The average molecular weight is 469 g/mol. The molecule has 0 saturated carbocycles. The molecule has 34 heavy (non-hydrogen) atoms. The number of aliphatic carboxylic acids is 1. The molecule has 0 aromatic heterocycles. The number of benzene rings is 2. The van der Waals surface area contributed by atoms with E-state index in [-0.39, 0.29) is 19.8 Å². The number of amides is 2. The Labute approximate surface area is 197 Å². The summed E-state index contributed by atoms with van der Waals surface area (Å²) in [6.45, 7) is 1.41. The van der Waals surface area contributed by atoms with Gasteiger partial charge in [-0.2, -0.15) is 0 Å². The highest BCUT2D eigenvalue weighted by molar-refractivity contribution is 5.91. The van der Waals surface area contributed by atoms with Gasteiger partial charge in [0, 0.05) is 0 Å². The Kier molecular flexibility index (Phi) is 8.61. The number of nitrogens with one attached hydrogen (secondary N) is 1. The maximum Gasteiger partial charge on any atom is 0.408 e. The molecule has 1 unspecified atom stereocenters. The lowest BCUT2D eigenvalue weighted by Gasteiger charge is -2.32. The lowest BCUT2D eigenvalue weighted by molar-refractivity contribution is -0.152. The Balaban J connectivity index is 1.78. The summed E-state index contributed by atoms with van der Waals surface area (Å²) in [5.74, 6) is -2.57. The predicted octanol–water partition coefficient (Wildman–Crippen LogP) is 2.84. The van der Waals surface area contributed by atoms with Crippen molar-refractivity contribution in [2.45, 2.75) is 44.9 Å². The van der Waals surface area contributed by atoms with Gasteiger partial charge in [-0.15, -0.1) is 0 Å². The zero-order chi connectivity index (χ0) is 24.5. The Morgan fingerprint density at radius 1 is 1.06 bits per heavy atom. The summed E-state index contributed by atoms with van der Waals surface area (Å²) in [5.41, 5.74) is 2.69. The second-order valence-electron chi connectivity index (χ2n) is 7.88. The van der Waals surface area contributed by atoms with Gasteiger partial charge in [0.15, 0.2) is 0 Å². The normalized spacial score (nSPS) is 15.0. The molecule has 0 radical (unpaired) electrons. The van der Waals surface area contributed by atoms with E-state index in [1.807, 2.05) is 30.3 Å². The van der Waals surface area contributed by atoms with E-state index >= 15 is 0 Å². The highest BCUT2D eigenvalue weighted by atomic mass is 16.5. The van der Waals surface area contributed by atoms with Crippen molar-refractivity contribution in [1.29, 1.82) is 0 Å². The summed E-state index contributed by atoms with van der Waals surface area (Å²) in [6.07, 6.45) is -0.300. The first kappa shape index (κ1) is 24.8. The summed E-state index contributed by atoms with van der Waals surface area (Å²) >= 11 is 0. The number of carboxylic acids is 1. The van der Waals surface area contributed by atoms with Crippen molar-refractivity contribution in [3.63, 3.8) is 0 Å². The maximum absolute atomic E-state index is 13.5. The fourth-order valence-electron chi connectivity index (χ4n) is 4.03. The third-order valence-corrected chi connectivity index (χ3v) is 5.55. The lowest BCUT2D eigenvalue weighted by atomic mass is 10.0. The van der Waals surface area contributed by atoms with Crippen LogP contribution in [0.1, 0.15) is 42.5 Å². The van der Waals surface area contributed by atoms with Crippen LogP contribution in [0.25, 0.3) is 0 Å². The number of carboxylic acid groups (broad SMARTS) is 1. The zero-order valence-electron chi connectivity index (χ0n) is 18.9. The molecule has 9 nitrogen and oxygen atoms in total. The van der Waals surface area contributed by atoms with E-state index in [1.54, 1.807) is 31.2 Å². The van der Waals surface area contributed by atoms with Crippen molar-refractivity contribution in [2.24, 2.45) is 0 Å². The van der Waals surface area contributed by atoms with Crippen LogP contribution in [0.2, 0.25) is 0 Å². The van der Waals surface area contributed by atoms with Crippen LogP contribution in [-0.2, 0) is 36.9 Å². The largest absolute Gasteiger partial charge is 0.481 e. The molecule has 0 spiro atoms. The molecule has 2 aromatic carbocycles. The fourth-order valence-corrected chi connectivity index (χ4v) is 4.03. The minimum Gasteiger partial charge on any atom is -0.481 e. The van der Waals surface area contributed by atoms with Gasteiger partial charge in [-0.05, 0) is 36.5 Å². The summed E-state index contributed by atoms with van der Waals surface area (Å²) in [5, 5.41) is 11.7. The molecule has 0 saturated heterocycles. The second kappa shape index (κ2) is 11.8. The number of rotatable bonds is 10. The molecular weight excluding hydrogens is 440 g/mol. The van der Waals surface area contributed by atoms with Crippen molar-refractivity contribution in [3.05, 3.63) is 71.3 Å². The number of nitrogens with zero attached hydrogens (tertiary/aromatic N) is 1. The van der Waals surface area contributed by atoms with E-state index < -0.39 is 42.4 Å². The predicted molar refractivity (Wildman–Crippen MR) is 122 cm³/mol. The van der Waals surface area contributed by atoms with E-state index in [1.165, 1.54) is 4.90 Å². The smallest absolute Gasteiger partial charge is 0.408 e. The summed E-state index contributed by atoms with van der Waals surface area (Å²) in [7, 11) is 0. The highest BCUT2D eigenvalue weighted by Crippen LogP contribution is 2.36. The molecule has 2 amide bonds. The van der Waals surface area contributed by atoms with E-state index in [0.717, 1.165) is 16.7 Å². The number of esters is 1. The van der Waals surface area contributed by atoms with Crippen LogP contribution >= 0.6 is 0 Å². The Morgan fingerprint density at radius 2 is 1.76 bits per heavy atom. The van der Waals surface area contributed by atoms with Crippen molar-refractivity contribution in [1.82, 2.24) is 10.2 Å². The molecule has 9 heteroatoms. The minimum atomic E-state index is -1.41. The molecule has 2 aromatic rings. The van der Waals surface area contributed by atoms with Crippen LogP contribution in [0, 0.1) is 0 Å². The van der Waals surface area contributed by atoms with Gasteiger partial charge in [0.1, 0.15) is 19.2 Å². The molecule has 3 rings (SSSR count). The van der Waals surface area contributed by atoms with E-state index in [2.05, 4.69) is 5.32 Å². The lowest BCUT2D eigenvalue weighted by Crippen LogP contribution is -2.51. The van der Waals surface area contributed by atoms with Gasteiger partial charge in [-0.25, -0.2) is 4.79 Å². The molecule has 0 fully saturated rings. The van der Waals surface area contributed by atoms with E-state index in [0.29, 0.717) is 12.8 Å². The third kappa shape index (κ3) is 6.57.